The maximum atomic E-state index is 5.66. The van der Waals surface area contributed by atoms with Gasteiger partial charge in [0.1, 0.15) is 6.73 Å². The largest absolute Gasteiger partial charge is 0.361 e. The van der Waals surface area contributed by atoms with Gasteiger partial charge in [0.2, 0.25) is 0 Å². The van der Waals surface area contributed by atoms with Crippen molar-refractivity contribution in [2.24, 2.45) is 5.92 Å². The molecule has 0 radical (unpaired) electrons. The van der Waals surface area contributed by atoms with Crippen LogP contribution < -0.4 is 0 Å². The van der Waals surface area contributed by atoms with E-state index in [0.717, 1.165) is 24.1 Å². The minimum Gasteiger partial charge on any atom is -0.361 e. The number of ether oxygens (including phenoxy) is 1. The number of rotatable bonds is 7. The van der Waals surface area contributed by atoms with Crippen LogP contribution in [0.15, 0.2) is 5.16 Å². The molecule has 0 spiro atoms. The van der Waals surface area contributed by atoms with Gasteiger partial charge in [-0.05, 0) is 31.9 Å². The second-order valence-electron chi connectivity index (χ2n) is 5.60. The average Bonchev–Trinajstić information content (AvgIpc) is 2.83. The first-order valence-electron chi connectivity index (χ1n) is 8.00. The molecular formula is C16H28N2OS. The highest BCUT2D eigenvalue weighted by Crippen LogP contribution is 2.30. The first kappa shape index (κ1) is 15.9. The molecule has 1 aromatic heterocycles. The van der Waals surface area contributed by atoms with Crippen molar-refractivity contribution >= 4 is 11.8 Å². The highest BCUT2D eigenvalue weighted by molar-refractivity contribution is 7.98. The zero-order valence-electron chi connectivity index (χ0n) is 13.2. The number of aryl methyl sites for hydroxylation is 1. The molecule has 0 saturated heterocycles. The molecular weight excluding hydrogens is 268 g/mol. The summed E-state index contributed by atoms with van der Waals surface area (Å²) in [5, 5.41) is 1.11. The SMILES string of the molecule is CCOCn1c(SC)nc(CC)c1CC1CCCCC1. The number of nitrogens with zero attached hydrogens (tertiary/aromatic N) is 2. The molecule has 4 heteroatoms. The van der Waals surface area contributed by atoms with Gasteiger partial charge >= 0.3 is 0 Å². The molecule has 0 unspecified atom stereocenters. The van der Waals surface area contributed by atoms with E-state index < -0.39 is 0 Å². The summed E-state index contributed by atoms with van der Waals surface area (Å²) in [4.78, 5) is 4.81. The van der Waals surface area contributed by atoms with Crippen LogP contribution in [0.1, 0.15) is 57.3 Å². The van der Waals surface area contributed by atoms with Gasteiger partial charge < -0.3 is 4.74 Å². The Hall–Kier alpha value is -0.480. The highest BCUT2D eigenvalue weighted by Gasteiger charge is 2.21. The van der Waals surface area contributed by atoms with Crippen LogP contribution in [0.5, 0.6) is 0 Å². The molecule has 0 N–H and O–H groups in total. The Kier molecular flexibility index (Phi) is 6.43. The summed E-state index contributed by atoms with van der Waals surface area (Å²) in [6.07, 6.45) is 11.3. The lowest BCUT2D eigenvalue weighted by atomic mass is 9.85. The van der Waals surface area contributed by atoms with Gasteiger partial charge in [0.15, 0.2) is 5.16 Å². The summed E-state index contributed by atoms with van der Waals surface area (Å²) in [5.41, 5.74) is 2.71. The van der Waals surface area contributed by atoms with E-state index in [0.29, 0.717) is 6.73 Å². The molecule has 1 aromatic rings. The zero-order valence-corrected chi connectivity index (χ0v) is 14.0. The van der Waals surface area contributed by atoms with Crippen LogP contribution in [-0.4, -0.2) is 22.4 Å². The van der Waals surface area contributed by atoms with Crippen LogP contribution in [0.2, 0.25) is 0 Å². The fourth-order valence-electron chi connectivity index (χ4n) is 3.16. The van der Waals surface area contributed by atoms with Gasteiger partial charge in [-0.15, -0.1) is 0 Å². The third-order valence-corrected chi connectivity index (χ3v) is 4.95. The lowest BCUT2D eigenvalue weighted by Crippen LogP contribution is -2.15. The van der Waals surface area contributed by atoms with E-state index in [4.69, 9.17) is 9.72 Å². The molecule has 1 aliphatic carbocycles. The van der Waals surface area contributed by atoms with Crippen molar-refractivity contribution in [3.8, 4) is 0 Å². The van der Waals surface area contributed by atoms with E-state index >= 15 is 0 Å². The molecule has 3 nitrogen and oxygen atoms in total. The Labute approximate surface area is 127 Å². The van der Waals surface area contributed by atoms with E-state index in [2.05, 4.69) is 24.7 Å². The second-order valence-corrected chi connectivity index (χ2v) is 6.38. The number of aromatic nitrogens is 2. The van der Waals surface area contributed by atoms with Crippen molar-refractivity contribution < 1.29 is 4.74 Å². The Bertz CT molecular complexity index is 411. The van der Waals surface area contributed by atoms with Crippen molar-refractivity contribution in [2.75, 3.05) is 12.9 Å². The van der Waals surface area contributed by atoms with Gasteiger partial charge in [-0.1, -0.05) is 50.8 Å². The van der Waals surface area contributed by atoms with Gasteiger partial charge in [0.05, 0.1) is 5.69 Å². The van der Waals surface area contributed by atoms with E-state index in [9.17, 15) is 0 Å². The van der Waals surface area contributed by atoms with Crippen molar-refractivity contribution in [2.45, 2.75) is 70.7 Å². The van der Waals surface area contributed by atoms with Gasteiger partial charge in [-0.2, -0.15) is 0 Å². The maximum Gasteiger partial charge on any atom is 0.170 e. The Morgan fingerprint density at radius 2 is 2.00 bits per heavy atom. The number of hydrogen-bond donors (Lipinski definition) is 0. The average molecular weight is 296 g/mol. The molecule has 2 rings (SSSR count). The van der Waals surface area contributed by atoms with E-state index in [1.165, 1.54) is 49.9 Å². The summed E-state index contributed by atoms with van der Waals surface area (Å²) < 4.78 is 7.97. The monoisotopic (exact) mass is 296 g/mol. The number of imidazole rings is 1. The fourth-order valence-corrected chi connectivity index (χ4v) is 3.74. The molecule has 20 heavy (non-hydrogen) atoms. The van der Waals surface area contributed by atoms with Gasteiger partial charge in [-0.25, -0.2) is 4.98 Å². The third kappa shape index (κ3) is 3.79. The minimum absolute atomic E-state index is 0.654. The zero-order chi connectivity index (χ0) is 14.4. The molecule has 0 atom stereocenters. The van der Waals surface area contributed by atoms with Crippen LogP contribution in [0.3, 0.4) is 0 Å². The molecule has 1 fully saturated rings. The third-order valence-electron chi connectivity index (χ3n) is 4.27. The second kappa shape index (κ2) is 8.08. The Morgan fingerprint density at radius 1 is 1.25 bits per heavy atom. The standard InChI is InChI=1S/C16H28N2OS/c1-4-14-15(11-13-9-7-6-8-10-13)18(12-19-5-2)16(17-14)20-3/h13H,4-12H2,1-3H3. The molecule has 114 valence electrons. The van der Waals surface area contributed by atoms with Crippen LogP contribution >= 0.6 is 11.8 Å². The first-order chi connectivity index (χ1) is 9.80. The van der Waals surface area contributed by atoms with Crippen LogP contribution in [0.4, 0.5) is 0 Å². The van der Waals surface area contributed by atoms with Crippen LogP contribution in [-0.2, 0) is 24.3 Å². The van der Waals surface area contributed by atoms with Gasteiger partial charge in [0, 0.05) is 12.3 Å². The molecule has 1 heterocycles. The maximum absolute atomic E-state index is 5.66. The predicted octanol–water partition coefficient (Wildman–Crippen LogP) is 4.28. The van der Waals surface area contributed by atoms with Crippen LogP contribution in [0, 0.1) is 5.92 Å². The van der Waals surface area contributed by atoms with Crippen molar-refractivity contribution in [3.63, 3.8) is 0 Å². The van der Waals surface area contributed by atoms with E-state index in [1.54, 1.807) is 11.8 Å². The van der Waals surface area contributed by atoms with Gasteiger partial charge in [0.25, 0.3) is 0 Å². The topological polar surface area (TPSA) is 27.1 Å². The van der Waals surface area contributed by atoms with Crippen molar-refractivity contribution in [1.29, 1.82) is 0 Å². The normalized spacial score (nSPS) is 16.8. The molecule has 0 amide bonds. The summed E-state index contributed by atoms with van der Waals surface area (Å²) >= 11 is 1.73. The summed E-state index contributed by atoms with van der Waals surface area (Å²) in [5.74, 6) is 0.848. The summed E-state index contributed by atoms with van der Waals surface area (Å²) in [6.45, 7) is 5.68. The fraction of sp³-hybridized carbons (Fsp3) is 0.812. The minimum atomic E-state index is 0.654. The van der Waals surface area contributed by atoms with Crippen molar-refractivity contribution in [1.82, 2.24) is 9.55 Å². The molecule has 0 aliphatic heterocycles. The van der Waals surface area contributed by atoms with Crippen LogP contribution in [0.25, 0.3) is 0 Å². The lowest BCUT2D eigenvalue weighted by molar-refractivity contribution is 0.0793. The number of thioether (sulfide) groups is 1. The Morgan fingerprint density at radius 3 is 2.60 bits per heavy atom. The number of hydrogen-bond acceptors (Lipinski definition) is 3. The van der Waals surface area contributed by atoms with Gasteiger partial charge in [-0.3, -0.25) is 4.57 Å². The molecule has 0 bridgehead atoms. The van der Waals surface area contributed by atoms with E-state index in [1.807, 2.05) is 0 Å². The van der Waals surface area contributed by atoms with Crippen molar-refractivity contribution in [3.05, 3.63) is 11.4 Å². The Balaban J connectivity index is 2.19. The summed E-state index contributed by atoms with van der Waals surface area (Å²) in [7, 11) is 0. The summed E-state index contributed by atoms with van der Waals surface area (Å²) in [6, 6.07) is 0. The molecule has 0 aromatic carbocycles. The smallest absolute Gasteiger partial charge is 0.170 e. The molecule has 1 aliphatic rings. The highest BCUT2D eigenvalue weighted by atomic mass is 32.2. The quantitative estimate of drug-likeness (QED) is 0.703. The predicted molar refractivity (Wildman–Crippen MR) is 85.3 cm³/mol. The lowest BCUT2D eigenvalue weighted by Gasteiger charge is -2.22. The first-order valence-corrected chi connectivity index (χ1v) is 9.22. The van der Waals surface area contributed by atoms with E-state index in [-0.39, 0.29) is 0 Å². The molecule has 1 saturated carbocycles.